The fraction of sp³-hybridized carbons (Fsp3) is 0.391. The second kappa shape index (κ2) is 10.6. The van der Waals surface area contributed by atoms with Crippen molar-refractivity contribution in [1.82, 2.24) is 19.9 Å². The van der Waals surface area contributed by atoms with E-state index >= 15 is 0 Å². The molecule has 0 saturated carbocycles. The second-order valence-electron chi connectivity index (χ2n) is 7.87. The summed E-state index contributed by atoms with van der Waals surface area (Å²) in [7, 11) is 0. The van der Waals surface area contributed by atoms with Crippen LogP contribution in [0.3, 0.4) is 0 Å². The molecular formula is C23H27ClN6O2S. The van der Waals surface area contributed by atoms with E-state index < -0.39 is 6.56 Å². The fourth-order valence-corrected chi connectivity index (χ4v) is 4.77. The predicted octanol–water partition coefficient (Wildman–Crippen LogP) is 3.49. The van der Waals surface area contributed by atoms with Crippen molar-refractivity contribution in [3.05, 3.63) is 57.3 Å². The number of thiazole rings is 1. The third-order valence-corrected chi connectivity index (χ3v) is 6.83. The molecule has 10 heteroatoms. The highest BCUT2D eigenvalue weighted by Gasteiger charge is 2.19. The molecule has 174 valence electrons. The first-order valence-electron chi connectivity index (χ1n) is 11.6. The first kappa shape index (κ1) is 21.0. The molecule has 0 amide bonds. The Morgan fingerprint density at radius 2 is 2.06 bits per heavy atom. The van der Waals surface area contributed by atoms with Gasteiger partial charge in [-0.25, -0.2) is 15.0 Å². The molecule has 0 atom stereocenters. The monoisotopic (exact) mass is 488 g/mol. The number of hydrogen-bond acceptors (Lipinski definition) is 9. The summed E-state index contributed by atoms with van der Waals surface area (Å²) in [5.41, 5.74) is 1.81. The van der Waals surface area contributed by atoms with Crippen LogP contribution in [0.2, 0.25) is 5.02 Å². The number of carbonyl (C=O) groups is 1. The highest BCUT2D eigenvalue weighted by Crippen LogP contribution is 2.27. The minimum absolute atomic E-state index is 0.0163. The van der Waals surface area contributed by atoms with Gasteiger partial charge in [0.25, 0.3) is 0 Å². The maximum Gasteiger partial charge on any atom is 0.188 e. The van der Waals surface area contributed by atoms with E-state index in [1.54, 1.807) is 12.3 Å². The van der Waals surface area contributed by atoms with E-state index in [1.165, 1.54) is 11.3 Å². The smallest absolute Gasteiger partial charge is 0.188 e. The molecule has 0 bridgehead atoms. The van der Waals surface area contributed by atoms with Crippen LogP contribution in [-0.2, 0) is 6.42 Å². The van der Waals surface area contributed by atoms with Crippen molar-refractivity contribution in [1.29, 1.82) is 0 Å². The van der Waals surface area contributed by atoms with Gasteiger partial charge in [0, 0.05) is 50.2 Å². The lowest BCUT2D eigenvalue weighted by Crippen LogP contribution is -2.47. The molecule has 1 aliphatic rings. The number of Topliss-reactive ketones (excluding diaryl/α,β-unsaturated/α-hetero) is 1. The number of ketones is 1. The van der Waals surface area contributed by atoms with E-state index in [0.717, 1.165) is 16.9 Å². The van der Waals surface area contributed by atoms with Crippen LogP contribution in [0.5, 0.6) is 0 Å². The van der Waals surface area contributed by atoms with Gasteiger partial charge in [0.05, 0.1) is 20.4 Å². The molecule has 2 aromatic heterocycles. The van der Waals surface area contributed by atoms with Gasteiger partial charge < -0.3 is 15.3 Å². The minimum Gasteiger partial charge on any atom is -0.395 e. The van der Waals surface area contributed by atoms with E-state index in [2.05, 4.69) is 25.2 Å². The summed E-state index contributed by atoms with van der Waals surface area (Å²) in [4.78, 5) is 30.7. The van der Waals surface area contributed by atoms with Crippen LogP contribution in [0.15, 0.2) is 30.5 Å². The number of rotatable bonds is 8. The molecule has 1 saturated heterocycles. The quantitative estimate of drug-likeness (QED) is 0.465. The average Bonchev–Trinajstić information content (AvgIpc) is 3.24. The van der Waals surface area contributed by atoms with Crippen molar-refractivity contribution in [3.8, 4) is 0 Å². The largest absolute Gasteiger partial charge is 0.395 e. The number of nitrogens with zero attached hydrogens (tertiary/aromatic N) is 5. The summed E-state index contributed by atoms with van der Waals surface area (Å²) < 4.78 is 14.7. The third-order valence-electron chi connectivity index (χ3n) is 5.52. The Kier molecular flexibility index (Phi) is 6.71. The zero-order chi connectivity index (χ0) is 25.2. The molecule has 0 aliphatic carbocycles. The number of aliphatic hydroxyl groups is 1. The molecule has 3 heterocycles. The summed E-state index contributed by atoms with van der Waals surface area (Å²) in [6.07, 6.45) is 1.78. The lowest BCUT2D eigenvalue weighted by molar-refractivity contribution is 0.0996. The van der Waals surface area contributed by atoms with Crippen LogP contribution in [0.4, 0.5) is 16.8 Å². The van der Waals surface area contributed by atoms with Gasteiger partial charge in [-0.05, 0) is 31.0 Å². The number of carbonyl (C=O) groups excluding carboxylic acids is 1. The van der Waals surface area contributed by atoms with Gasteiger partial charge >= 0.3 is 0 Å². The Morgan fingerprint density at radius 3 is 2.79 bits per heavy atom. The van der Waals surface area contributed by atoms with Crippen molar-refractivity contribution in [2.45, 2.75) is 20.3 Å². The van der Waals surface area contributed by atoms with Gasteiger partial charge in [0.2, 0.25) is 0 Å². The number of nitrogens with one attached hydrogen (secondary N) is 1. The van der Waals surface area contributed by atoms with Crippen molar-refractivity contribution in [2.75, 3.05) is 49.5 Å². The Bertz CT molecular complexity index is 1190. The van der Waals surface area contributed by atoms with Gasteiger partial charge in [0.1, 0.15) is 17.5 Å². The number of β-amino-alcohol motifs (C(OH)–C–C–N with tert-alkyl or cyclic N) is 1. The molecule has 3 aromatic rings. The molecule has 1 fully saturated rings. The van der Waals surface area contributed by atoms with E-state index in [4.69, 9.17) is 14.3 Å². The molecule has 33 heavy (non-hydrogen) atoms. The van der Waals surface area contributed by atoms with Crippen molar-refractivity contribution < 1.29 is 12.6 Å². The zero-order valence-corrected chi connectivity index (χ0v) is 20.1. The molecular weight excluding hydrogens is 460 g/mol. The van der Waals surface area contributed by atoms with Gasteiger partial charge in [-0.2, -0.15) is 0 Å². The predicted molar refractivity (Wildman–Crippen MR) is 132 cm³/mol. The first-order valence-corrected chi connectivity index (χ1v) is 11.8. The SMILES string of the molecule is [2H]C([2H])(O)CN1CCN(c2cc(Nc3ncc(C(=O)Cc4c(C)cccc4Cl)s3)nc(C)n2)CC1. The van der Waals surface area contributed by atoms with E-state index in [0.29, 0.717) is 52.9 Å². The fourth-order valence-electron chi connectivity index (χ4n) is 3.72. The van der Waals surface area contributed by atoms with Crippen LogP contribution in [0.25, 0.3) is 0 Å². The lowest BCUT2D eigenvalue weighted by atomic mass is 10.0. The molecule has 2 N–H and O–H groups in total. The summed E-state index contributed by atoms with van der Waals surface area (Å²) in [6, 6.07) is 7.43. The zero-order valence-electron chi connectivity index (χ0n) is 20.5. The topological polar surface area (TPSA) is 94.5 Å². The average molecular weight is 489 g/mol. The van der Waals surface area contributed by atoms with Crippen LogP contribution < -0.4 is 10.2 Å². The van der Waals surface area contributed by atoms with E-state index in [-0.39, 0.29) is 18.7 Å². The normalized spacial score (nSPS) is 15.8. The van der Waals surface area contributed by atoms with Crippen LogP contribution in [-0.4, -0.2) is 70.0 Å². The summed E-state index contributed by atoms with van der Waals surface area (Å²) >= 11 is 7.54. The highest BCUT2D eigenvalue weighted by molar-refractivity contribution is 7.17. The maximum atomic E-state index is 12.8. The van der Waals surface area contributed by atoms with Crippen LogP contribution in [0, 0.1) is 13.8 Å². The minimum atomic E-state index is -2.20. The molecule has 1 aromatic carbocycles. The van der Waals surface area contributed by atoms with Crippen molar-refractivity contribution in [3.63, 3.8) is 0 Å². The number of hydrogen-bond donors (Lipinski definition) is 2. The number of benzene rings is 1. The number of aryl methyl sites for hydroxylation is 2. The molecule has 0 unspecified atom stereocenters. The molecule has 0 spiro atoms. The Morgan fingerprint density at radius 1 is 1.27 bits per heavy atom. The third kappa shape index (κ3) is 5.86. The van der Waals surface area contributed by atoms with Gasteiger partial charge in [-0.1, -0.05) is 35.1 Å². The van der Waals surface area contributed by atoms with Crippen LogP contribution >= 0.6 is 22.9 Å². The number of anilines is 3. The van der Waals surface area contributed by atoms with Crippen molar-refractivity contribution in [2.24, 2.45) is 0 Å². The molecule has 1 aliphatic heterocycles. The Labute approximate surface area is 205 Å². The van der Waals surface area contributed by atoms with E-state index in [1.807, 2.05) is 36.9 Å². The Balaban J connectivity index is 1.41. The first-order chi connectivity index (χ1) is 16.6. The molecule has 0 radical (unpaired) electrons. The van der Waals surface area contributed by atoms with Gasteiger partial charge in [-0.3, -0.25) is 9.69 Å². The molecule has 8 nitrogen and oxygen atoms in total. The summed E-state index contributed by atoms with van der Waals surface area (Å²) in [5, 5.41) is 13.7. The van der Waals surface area contributed by atoms with Gasteiger partial charge in [0.15, 0.2) is 10.9 Å². The number of halogens is 1. The summed E-state index contributed by atoms with van der Waals surface area (Å²) in [5.74, 6) is 1.89. The number of piperazine rings is 1. The van der Waals surface area contributed by atoms with Crippen LogP contribution in [0.1, 0.15) is 29.4 Å². The Hall–Kier alpha value is -2.59. The summed E-state index contributed by atoms with van der Waals surface area (Å²) in [6.45, 7) is 4.08. The second-order valence-corrected chi connectivity index (χ2v) is 9.31. The number of aromatic nitrogens is 3. The highest BCUT2D eigenvalue weighted by atomic mass is 35.5. The maximum absolute atomic E-state index is 12.8. The van der Waals surface area contributed by atoms with E-state index in [9.17, 15) is 9.90 Å². The lowest BCUT2D eigenvalue weighted by Gasteiger charge is -2.35. The van der Waals surface area contributed by atoms with Gasteiger partial charge in [-0.15, -0.1) is 0 Å². The standard InChI is InChI=1S/C23H27ClN6O2S/c1-15-4-3-5-18(24)17(15)12-19(32)20-14-25-23(33-20)28-21-13-22(27-16(2)26-21)30-8-6-29(7-9-30)10-11-31/h3-5,13-14,31H,6-12H2,1-2H3,(H,25,26,27,28)/i11D2. The molecule has 4 rings (SSSR count). The van der Waals surface area contributed by atoms with Crippen molar-refractivity contribution >= 4 is 45.5 Å².